The van der Waals surface area contributed by atoms with Crippen molar-refractivity contribution in [3.63, 3.8) is 0 Å². The van der Waals surface area contributed by atoms with Crippen molar-refractivity contribution in [1.82, 2.24) is 10.6 Å². The minimum Gasteiger partial charge on any atom is -0.477 e. The molecule has 23 heavy (non-hydrogen) atoms. The van der Waals surface area contributed by atoms with Gasteiger partial charge in [-0.15, -0.1) is 0 Å². The van der Waals surface area contributed by atoms with Crippen LogP contribution < -0.4 is 10.6 Å². The second-order valence-corrected chi connectivity index (χ2v) is 5.64. The van der Waals surface area contributed by atoms with E-state index in [0.29, 0.717) is 0 Å². The van der Waals surface area contributed by atoms with E-state index >= 15 is 0 Å². The Balaban J connectivity index is 3.21. The van der Waals surface area contributed by atoms with E-state index in [2.05, 4.69) is 10.6 Å². The Bertz CT molecular complexity index is 465. The number of carbonyl (C=O) groups excluding carboxylic acids is 2. The lowest BCUT2D eigenvalue weighted by Gasteiger charge is -2.45. The summed E-state index contributed by atoms with van der Waals surface area (Å²) in [6.07, 6.45) is -4.72. The average molecular weight is 334 g/mol. The molecule has 1 unspecified atom stereocenters. The summed E-state index contributed by atoms with van der Waals surface area (Å²) < 4.78 is 5.15. The number of carboxylic acids is 1. The lowest BCUT2D eigenvalue weighted by molar-refractivity contribution is -0.283. The van der Waals surface area contributed by atoms with Crippen LogP contribution >= 0.6 is 0 Å². The maximum absolute atomic E-state index is 11.3. The summed E-state index contributed by atoms with van der Waals surface area (Å²) >= 11 is 0. The molecule has 10 heteroatoms. The van der Waals surface area contributed by atoms with Gasteiger partial charge < -0.3 is 35.8 Å². The molecule has 1 aliphatic rings. The van der Waals surface area contributed by atoms with Crippen LogP contribution in [0.15, 0.2) is 0 Å². The molecule has 0 spiro atoms. The molecular formula is C13H22N2O8. The highest BCUT2D eigenvalue weighted by molar-refractivity contribution is 5.76. The number of hydrogen-bond donors (Lipinski definition) is 6. The molecule has 6 N–H and O–H groups in total. The van der Waals surface area contributed by atoms with Crippen molar-refractivity contribution >= 4 is 17.8 Å². The Labute approximate surface area is 132 Å². The number of rotatable bonds is 5. The first-order chi connectivity index (χ1) is 10.5. The van der Waals surface area contributed by atoms with Crippen LogP contribution in [-0.4, -0.2) is 74.4 Å². The third kappa shape index (κ3) is 4.61. The second kappa shape index (κ2) is 7.21. The van der Waals surface area contributed by atoms with Crippen molar-refractivity contribution in [3.8, 4) is 0 Å². The van der Waals surface area contributed by atoms with Crippen LogP contribution in [0.5, 0.6) is 0 Å². The van der Waals surface area contributed by atoms with Gasteiger partial charge >= 0.3 is 5.97 Å². The first kappa shape index (κ1) is 19.3. The molecule has 1 rings (SSSR count). The van der Waals surface area contributed by atoms with E-state index in [1.54, 1.807) is 0 Å². The minimum atomic E-state index is -2.70. The van der Waals surface area contributed by atoms with Crippen molar-refractivity contribution in [3.05, 3.63) is 0 Å². The molecule has 0 aromatic heterocycles. The first-order valence-corrected chi connectivity index (χ1v) is 7.02. The van der Waals surface area contributed by atoms with Crippen LogP contribution in [0, 0.1) is 0 Å². The zero-order valence-corrected chi connectivity index (χ0v) is 13.0. The fourth-order valence-corrected chi connectivity index (χ4v) is 2.54. The standard InChI is InChI=1S/C13H22N2O8/c1-5(16)9(14-6(2)17)11-10(15-7(3)18)8(19)4-13(22,23-11)12(20)21/h5,8-11,16,19,22H,4H2,1-3H3,(H,14,17)(H,15,18)(H,20,21)/t5-,8+,9+,10+,11-,13?/m0/s1. The van der Waals surface area contributed by atoms with Gasteiger partial charge in [-0.05, 0) is 6.92 Å². The normalized spacial score (nSPS) is 33.4. The van der Waals surface area contributed by atoms with Crippen molar-refractivity contribution in [2.45, 2.75) is 63.4 Å². The summed E-state index contributed by atoms with van der Waals surface area (Å²) in [6.45, 7) is 3.67. The molecule has 1 saturated heterocycles. The Morgan fingerprint density at radius 1 is 1.26 bits per heavy atom. The molecule has 1 heterocycles. The largest absolute Gasteiger partial charge is 0.477 e. The molecule has 1 aliphatic heterocycles. The van der Waals surface area contributed by atoms with Crippen LogP contribution in [0.2, 0.25) is 0 Å². The number of amides is 2. The van der Waals surface area contributed by atoms with Gasteiger partial charge in [0.25, 0.3) is 5.79 Å². The van der Waals surface area contributed by atoms with Crippen molar-refractivity contribution in [2.24, 2.45) is 0 Å². The number of aliphatic hydroxyl groups excluding tert-OH is 2. The average Bonchev–Trinajstić information content (AvgIpc) is 2.38. The van der Waals surface area contributed by atoms with E-state index < -0.39 is 60.4 Å². The smallest absolute Gasteiger partial charge is 0.364 e. The van der Waals surface area contributed by atoms with Gasteiger partial charge in [0.1, 0.15) is 6.10 Å². The lowest BCUT2D eigenvalue weighted by Crippen LogP contribution is -2.69. The van der Waals surface area contributed by atoms with E-state index in [9.17, 15) is 29.7 Å². The van der Waals surface area contributed by atoms with Gasteiger partial charge in [-0.2, -0.15) is 0 Å². The van der Waals surface area contributed by atoms with Crippen molar-refractivity contribution in [2.75, 3.05) is 0 Å². The minimum absolute atomic E-state index is 0.532. The molecule has 1 fully saturated rings. The van der Waals surface area contributed by atoms with Crippen LogP contribution in [0.4, 0.5) is 0 Å². The Morgan fingerprint density at radius 2 is 1.83 bits per heavy atom. The quantitative estimate of drug-likeness (QED) is 0.316. The summed E-state index contributed by atoms with van der Waals surface area (Å²) in [4.78, 5) is 33.8. The van der Waals surface area contributed by atoms with Crippen LogP contribution in [0.25, 0.3) is 0 Å². The zero-order chi connectivity index (χ0) is 17.9. The van der Waals surface area contributed by atoms with Crippen LogP contribution in [-0.2, 0) is 19.1 Å². The van der Waals surface area contributed by atoms with Gasteiger partial charge in [0.2, 0.25) is 11.8 Å². The molecule has 0 aromatic rings. The monoisotopic (exact) mass is 334 g/mol. The Hall–Kier alpha value is -1.75. The van der Waals surface area contributed by atoms with Gasteiger partial charge in [0, 0.05) is 20.3 Å². The summed E-state index contributed by atoms with van der Waals surface area (Å²) in [7, 11) is 0. The molecule has 10 nitrogen and oxygen atoms in total. The van der Waals surface area contributed by atoms with Gasteiger partial charge in [0.15, 0.2) is 0 Å². The van der Waals surface area contributed by atoms with E-state index in [1.807, 2.05) is 0 Å². The SMILES string of the molecule is CC(=O)N[C@@H]([C@@H]1OC(O)(C(=O)O)C[C@@H](O)[C@H]1NC(C)=O)[C@H](C)O. The number of hydrogen-bond acceptors (Lipinski definition) is 7. The third-order valence-electron chi connectivity index (χ3n) is 3.53. The van der Waals surface area contributed by atoms with Crippen molar-refractivity contribution in [1.29, 1.82) is 0 Å². The second-order valence-electron chi connectivity index (χ2n) is 5.64. The van der Waals surface area contributed by atoms with E-state index in [4.69, 9.17) is 9.84 Å². The van der Waals surface area contributed by atoms with Crippen molar-refractivity contribution < 1.29 is 39.5 Å². The predicted octanol–water partition coefficient (Wildman–Crippen LogP) is -2.70. The molecule has 2 amide bonds. The topological polar surface area (TPSA) is 165 Å². The fourth-order valence-electron chi connectivity index (χ4n) is 2.54. The third-order valence-corrected chi connectivity index (χ3v) is 3.53. The number of carbonyl (C=O) groups is 3. The number of ether oxygens (including phenoxy) is 1. The van der Waals surface area contributed by atoms with Crippen LogP contribution in [0.3, 0.4) is 0 Å². The zero-order valence-electron chi connectivity index (χ0n) is 13.0. The molecule has 132 valence electrons. The highest BCUT2D eigenvalue weighted by atomic mass is 16.7. The maximum Gasteiger partial charge on any atom is 0.364 e. The van der Waals surface area contributed by atoms with Gasteiger partial charge in [-0.3, -0.25) is 9.59 Å². The molecule has 0 radical (unpaired) electrons. The molecule has 0 bridgehead atoms. The maximum atomic E-state index is 11.3. The van der Waals surface area contributed by atoms with Gasteiger partial charge in [-0.25, -0.2) is 4.79 Å². The van der Waals surface area contributed by atoms with E-state index in [-0.39, 0.29) is 0 Å². The highest BCUT2D eigenvalue weighted by Crippen LogP contribution is 2.30. The summed E-state index contributed by atoms with van der Waals surface area (Å²) in [5.74, 6) is -5.50. The number of carboxylic acid groups (broad SMARTS) is 1. The fraction of sp³-hybridized carbons (Fsp3) is 0.769. The van der Waals surface area contributed by atoms with E-state index in [0.717, 1.165) is 0 Å². The summed E-state index contributed by atoms with van der Waals surface area (Å²) in [5, 5.41) is 43.8. The molecule has 0 aromatic carbocycles. The van der Waals surface area contributed by atoms with Gasteiger partial charge in [0.05, 0.1) is 24.3 Å². The van der Waals surface area contributed by atoms with E-state index in [1.165, 1.54) is 20.8 Å². The highest BCUT2D eigenvalue weighted by Gasteiger charge is 2.53. The Kier molecular flexibility index (Phi) is 6.05. The number of aliphatic carboxylic acids is 1. The summed E-state index contributed by atoms with van der Waals surface area (Å²) in [5.41, 5.74) is 0. The van der Waals surface area contributed by atoms with Gasteiger partial charge in [-0.1, -0.05) is 0 Å². The van der Waals surface area contributed by atoms with Crippen LogP contribution in [0.1, 0.15) is 27.2 Å². The molecule has 0 aliphatic carbocycles. The molecular weight excluding hydrogens is 312 g/mol. The lowest BCUT2D eigenvalue weighted by atomic mass is 9.87. The summed E-state index contributed by atoms with van der Waals surface area (Å²) in [6, 6.07) is -2.29. The number of nitrogens with one attached hydrogen (secondary N) is 2. The Morgan fingerprint density at radius 3 is 2.22 bits per heavy atom. The number of aliphatic hydroxyl groups is 3. The predicted molar refractivity (Wildman–Crippen MR) is 75.0 cm³/mol. The molecule has 6 atom stereocenters. The molecule has 0 saturated carbocycles. The first-order valence-electron chi connectivity index (χ1n) is 7.02.